The van der Waals surface area contributed by atoms with Gasteiger partial charge in [-0.15, -0.1) is 0 Å². The summed E-state index contributed by atoms with van der Waals surface area (Å²) in [6.45, 7) is 0. The first kappa shape index (κ1) is 28.4. The Morgan fingerprint density at radius 2 is 0.800 bits per heavy atom. The van der Waals surface area contributed by atoms with E-state index in [1.807, 2.05) is 0 Å². The van der Waals surface area contributed by atoms with E-state index in [0.717, 1.165) is 11.4 Å². The number of para-hydroxylation sites is 4. The van der Waals surface area contributed by atoms with Gasteiger partial charge in [-0.2, -0.15) is 0 Å². The molecule has 2 heterocycles. The SMILES string of the molecule is c1ccc(-c2cccc(-c3cccc4c3c3ccccc3n4-c3cccc4c5ccccc5n(-c5ccccc5-c5ccccc5)c34)c2)cc1. The summed E-state index contributed by atoms with van der Waals surface area (Å²) in [5, 5.41) is 4.98. The Bertz CT molecular complexity index is 2860. The second-order valence-corrected chi connectivity index (χ2v) is 12.9. The van der Waals surface area contributed by atoms with Crippen molar-refractivity contribution in [2.24, 2.45) is 0 Å². The smallest absolute Gasteiger partial charge is 0.0782 e. The fourth-order valence-electron chi connectivity index (χ4n) is 7.98. The molecular formula is C48H32N2. The molecule has 0 aliphatic heterocycles. The molecule has 0 atom stereocenters. The molecule has 8 aromatic carbocycles. The van der Waals surface area contributed by atoms with Gasteiger partial charge in [0.1, 0.15) is 0 Å². The maximum atomic E-state index is 2.48. The highest BCUT2D eigenvalue weighted by atomic mass is 15.1. The van der Waals surface area contributed by atoms with Gasteiger partial charge in [0.25, 0.3) is 0 Å². The monoisotopic (exact) mass is 636 g/mol. The largest absolute Gasteiger partial charge is 0.307 e. The highest BCUT2D eigenvalue weighted by Crippen LogP contribution is 2.43. The van der Waals surface area contributed by atoms with Crippen molar-refractivity contribution < 1.29 is 0 Å². The third kappa shape index (κ3) is 4.36. The minimum atomic E-state index is 1.16. The third-order valence-electron chi connectivity index (χ3n) is 10.1. The lowest BCUT2D eigenvalue weighted by Gasteiger charge is -2.17. The molecule has 0 bridgehead atoms. The van der Waals surface area contributed by atoms with Gasteiger partial charge in [0.15, 0.2) is 0 Å². The van der Waals surface area contributed by atoms with Gasteiger partial charge < -0.3 is 9.13 Å². The summed E-state index contributed by atoms with van der Waals surface area (Å²) < 4.78 is 4.97. The fraction of sp³-hybridized carbons (Fsp3) is 0. The predicted octanol–water partition coefficient (Wildman–Crippen LogP) is 12.9. The number of aromatic nitrogens is 2. The Morgan fingerprint density at radius 3 is 1.62 bits per heavy atom. The molecule has 0 aliphatic rings. The van der Waals surface area contributed by atoms with E-state index in [1.54, 1.807) is 0 Å². The lowest BCUT2D eigenvalue weighted by molar-refractivity contribution is 1.13. The molecule has 2 nitrogen and oxygen atoms in total. The average molecular weight is 637 g/mol. The van der Waals surface area contributed by atoms with Crippen molar-refractivity contribution in [2.75, 3.05) is 0 Å². The average Bonchev–Trinajstić information content (AvgIpc) is 3.72. The second kappa shape index (κ2) is 11.5. The van der Waals surface area contributed by atoms with Crippen LogP contribution in [-0.2, 0) is 0 Å². The molecule has 0 saturated carbocycles. The molecule has 50 heavy (non-hydrogen) atoms. The molecule has 10 aromatic rings. The van der Waals surface area contributed by atoms with Crippen LogP contribution >= 0.6 is 0 Å². The van der Waals surface area contributed by atoms with Crippen LogP contribution in [0.4, 0.5) is 0 Å². The Balaban J connectivity index is 1.30. The van der Waals surface area contributed by atoms with E-state index in [4.69, 9.17) is 0 Å². The zero-order valence-corrected chi connectivity index (χ0v) is 27.4. The maximum Gasteiger partial charge on any atom is 0.0782 e. The van der Waals surface area contributed by atoms with Crippen LogP contribution in [0.25, 0.3) is 88.4 Å². The minimum Gasteiger partial charge on any atom is -0.307 e. The molecule has 234 valence electrons. The summed E-state index contributed by atoms with van der Waals surface area (Å²) in [5.74, 6) is 0. The third-order valence-corrected chi connectivity index (χ3v) is 10.1. The van der Waals surface area contributed by atoms with Gasteiger partial charge in [-0.1, -0.05) is 158 Å². The highest BCUT2D eigenvalue weighted by Gasteiger charge is 2.22. The molecule has 0 spiro atoms. The van der Waals surface area contributed by atoms with Crippen LogP contribution in [-0.4, -0.2) is 9.13 Å². The normalized spacial score (nSPS) is 11.6. The highest BCUT2D eigenvalue weighted by molar-refractivity contribution is 6.18. The molecule has 0 N–H and O–H groups in total. The zero-order valence-electron chi connectivity index (χ0n) is 27.4. The number of nitrogens with zero attached hydrogens (tertiary/aromatic N) is 2. The van der Waals surface area contributed by atoms with Crippen molar-refractivity contribution in [3.63, 3.8) is 0 Å². The van der Waals surface area contributed by atoms with Gasteiger partial charge in [-0.05, 0) is 64.2 Å². The van der Waals surface area contributed by atoms with Gasteiger partial charge in [0.05, 0.1) is 33.4 Å². The molecule has 2 aromatic heterocycles. The topological polar surface area (TPSA) is 9.86 Å². The minimum absolute atomic E-state index is 1.16. The first-order chi connectivity index (χ1) is 24.8. The molecular weight excluding hydrogens is 605 g/mol. The standard InChI is InChI=1S/C48H32N2/c1-3-16-33(17-4-1)35-20-13-21-36(32-35)38-25-14-30-45-47(38)41-24-9-12-29-44(41)49(45)46-31-15-26-40-39-23-8-11-28-43(39)50(48(40)46)42-27-10-7-22-37(42)34-18-5-2-6-19-34/h1-32H. The van der Waals surface area contributed by atoms with Crippen molar-refractivity contribution >= 4 is 43.6 Å². The van der Waals surface area contributed by atoms with Gasteiger partial charge in [0, 0.05) is 27.1 Å². The summed E-state index contributed by atoms with van der Waals surface area (Å²) in [4.78, 5) is 0. The molecule has 10 rings (SSSR count). The van der Waals surface area contributed by atoms with Crippen LogP contribution < -0.4 is 0 Å². The molecule has 0 unspecified atom stereocenters. The summed E-state index contributed by atoms with van der Waals surface area (Å²) in [5.41, 5.74) is 14.4. The van der Waals surface area contributed by atoms with Crippen molar-refractivity contribution in [1.82, 2.24) is 9.13 Å². The number of hydrogen-bond acceptors (Lipinski definition) is 0. The Morgan fingerprint density at radius 1 is 0.280 bits per heavy atom. The summed E-state index contributed by atoms with van der Waals surface area (Å²) >= 11 is 0. The van der Waals surface area contributed by atoms with Gasteiger partial charge in [-0.3, -0.25) is 0 Å². The van der Waals surface area contributed by atoms with Crippen LogP contribution in [0.15, 0.2) is 194 Å². The van der Waals surface area contributed by atoms with Crippen LogP contribution in [0.5, 0.6) is 0 Å². The number of rotatable bonds is 5. The molecule has 0 radical (unpaired) electrons. The van der Waals surface area contributed by atoms with E-state index >= 15 is 0 Å². The molecule has 2 heteroatoms. The Hall–Kier alpha value is -6.64. The molecule has 0 fully saturated rings. The predicted molar refractivity (Wildman–Crippen MR) is 211 cm³/mol. The quantitative estimate of drug-likeness (QED) is 0.178. The Labute approximate surface area is 290 Å². The van der Waals surface area contributed by atoms with E-state index in [1.165, 1.54) is 77.0 Å². The van der Waals surface area contributed by atoms with Crippen LogP contribution in [0, 0.1) is 0 Å². The van der Waals surface area contributed by atoms with E-state index < -0.39 is 0 Å². The second-order valence-electron chi connectivity index (χ2n) is 12.9. The Kier molecular flexibility index (Phi) is 6.53. The summed E-state index contributed by atoms with van der Waals surface area (Å²) in [7, 11) is 0. The van der Waals surface area contributed by atoms with E-state index in [0.29, 0.717) is 0 Å². The van der Waals surface area contributed by atoms with Crippen molar-refractivity contribution in [3.8, 4) is 44.8 Å². The zero-order chi connectivity index (χ0) is 33.0. The first-order valence-electron chi connectivity index (χ1n) is 17.2. The van der Waals surface area contributed by atoms with Gasteiger partial charge in [0.2, 0.25) is 0 Å². The van der Waals surface area contributed by atoms with Crippen molar-refractivity contribution in [3.05, 3.63) is 194 Å². The van der Waals surface area contributed by atoms with Crippen LogP contribution in [0.2, 0.25) is 0 Å². The van der Waals surface area contributed by atoms with Gasteiger partial charge in [-0.25, -0.2) is 0 Å². The first-order valence-corrected chi connectivity index (χ1v) is 17.2. The fourth-order valence-corrected chi connectivity index (χ4v) is 7.98. The maximum absolute atomic E-state index is 2.48. The molecule has 0 saturated heterocycles. The van der Waals surface area contributed by atoms with Crippen LogP contribution in [0.3, 0.4) is 0 Å². The van der Waals surface area contributed by atoms with Crippen LogP contribution in [0.1, 0.15) is 0 Å². The van der Waals surface area contributed by atoms with Crippen molar-refractivity contribution in [2.45, 2.75) is 0 Å². The van der Waals surface area contributed by atoms with E-state index in [9.17, 15) is 0 Å². The lowest BCUT2D eigenvalue weighted by Crippen LogP contribution is -2.02. The molecule has 0 aliphatic carbocycles. The summed E-state index contributed by atoms with van der Waals surface area (Å²) in [6.07, 6.45) is 0. The molecule has 0 amide bonds. The van der Waals surface area contributed by atoms with Gasteiger partial charge >= 0.3 is 0 Å². The van der Waals surface area contributed by atoms with Crippen molar-refractivity contribution in [1.29, 1.82) is 0 Å². The lowest BCUT2D eigenvalue weighted by atomic mass is 9.96. The van der Waals surface area contributed by atoms with E-state index in [-0.39, 0.29) is 0 Å². The number of benzene rings is 8. The summed E-state index contributed by atoms with van der Waals surface area (Å²) in [6, 6.07) is 70.4. The number of fused-ring (bicyclic) bond motifs is 6. The van der Waals surface area contributed by atoms with E-state index in [2.05, 4.69) is 203 Å². The number of hydrogen-bond donors (Lipinski definition) is 0.